The maximum Gasteiger partial charge on any atom is 0.210 e. The lowest BCUT2D eigenvalue weighted by molar-refractivity contribution is 0.567. The van der Waals surface area contributed by atoms with Crippen LogP contribution in [-0.2, 0) is 19.7 Å². The molecule has 0 unspecified atom stereocenters. The van der Waals surface area contributed by atoms with E-state index in [1.807, 2.05) is 0 Å². The van der Waals surface area contributed by atoms with Gasteiger partial charge in [-0.3, -0.25) is 0 Å². The molecule has 28 heavy (non-hydrogen) atoms. The molecule has 0 radical (unpaired) electrons. The van der Waals surface area contributed by atoms with Gasteiger partial charge in [0, 0.05) is 0 Å². The van der Waals surface area contributed by atoms with Crippen molar-refractivity contribution in [1.29, 1.82) is 0 Å². The van der Waals surface area contributed by atoms with Crippen molar-refractivity contribution in [2.24, 2.45) is 0 Å². The molecule has 0 spiro atoms. The molecule has 20 heteroatoms. The molecule has 1 aliphatic rings. The summed E-state index contributed by atoms with van der Waals surface area (Å²) in [5.74, 6) is 0. The minimum Gasteiger partial charge on any atom is -0.227 e. The summed E-state index contributed by atoms with van der Waals surface area (Å²) >= 11 is 70.7. The third-order valence-corrected chi connectivity index (χ3v) is 40.4. The summed E-state index contributed by atoms with van der Waals surface area (Å²) in [4.78, 5) is 0. The maximum absolute atomic E-state index is 13.2. The van der Waals surface area contributed by atoms with Crippen LogP contribution in [0.25, 0.3) is 0 Å². The largest absolute Gasteiger partial charge is 0.227 e. The average Bonchev–Trinajstić information content (AvgIpc) is 2.30. The lowest BCUT2D eigenvalue weighted by atomic mass is 11.6. The molecule has 1 fully saturated rings. The van der Waals surface area contributed by atoms with Gasteiger partial charge in [0.25, 0.3) is 0 Å². The molecule has 0 amide bonds. The molecule has 0 N–H and O–H groups in total. The van der Waals surface area contributed by atoms with Crippen molar-refractivity contribution in [3.05, 3.63) is 0 Å². The quantitative estimate of drug-likeness (QED) is 0.247. The Labute approximate surface area is 224 Å². The Hall–Kier alpha value is 3.81. The van der Waals surface area contributed by atoms with Crippen molar-refractivity contribution >= 4 is 175 Å². The van der Waals surface area contributed by atoms with Gasteiger partial charge < -0.3 is 0 Å². The normalized spacial score (nSPS) is 26.6. The fraction of sp³-hybridized carbons (Fsp3) is 1.00. The van der Waals surface area contributed by atoms with E-state index in [9.17, 15) is 16.8 Å². The van der Waals surface area contributed by atoms with Crippen molar-refractivity contribution in [3.63, 3.8) is 0 Å². The fourth-order valence-corrected chi connectivity index (χ4v) is 43.1. The summed E-state index contributed by atoms with van der Waals surface area (Å²) in [6.45, 7) is 2.01. The molecule has 0 bridgehead atoms. The minimum absolute atomic E-state index is 1.01. The van der Waals surface area contributed by atoms with Crippen LogP contribution in [0.15, 0.2) is 0 Å². The number of sulfone groups is 2. The molecule has 0 aromatic rings. The van der Waals surface area contributed by atoms with Crippen molar-refractivity contribution in [2.45, 2.75) is 35.2 Å². The molecule has 0 aromatic carbocycles. The Balaban J connectivity index is 3.93. The summed E-state index contributed by atoms with van der Waals surface area (Å²) in [6.07, 6.45) is 0. The second-order valence-corrected chi connectivity index (χ2v) is 34.6. The Morgan fingerprint density at radius 1 is 0.500 bits per heavy atom. The van der Waals surface area contributed by atoms with Gasteiger partial charge in [-0.05, 0) is 0 Å². The van der Waals surface area contributed by atoms with Gasteiger partial charge in [-0.25, -0.2) is 16.8 Å². The molecule has 0 atom stereocenters. The Bertz CT molecular complexity index is 730. The number of hydrogen-bond acceptors (Lipinski definition) is 4. The Kier molecular flexibility index (Phi) is 8.73. The van der Waals surface area contributed by atoms with E-state index in [2.05, 4.69) is 0 Å². The van der Waals surface area contributed by atoms with Crippen molar-refractivity contribution in [1.82, 2.24) is 0 Å². The molecule has 0 aromatic heterocycles. The number of rotatable bonds is 2. The molecule has 168 valence electrons. The molecular formula is C8H8Cl12O4S2Si2. The van der Waals surface area contributed by atoms with Crippen molar-refractivity contribution < 1.29 is 16.8 Å². The van der Waals surface area contributed by atoms with E-state index < -0.39 is 57.9 Å². The number of hydrogen-bond donors (Lipinski definition) is 0. The van der Waals surface area contributed by atoms with Crippen molar-refractivity contribution in [3.8, 4) is 0 Å². The monoisotopic (exact) mass is 708 g/mol. The van der Waals surface area contributed by atoms with Gasteiger partial charge in [-0.1, -0.05) is 152 Å². The standard InChI is InChI=1S/C8H8Cl12O4S2Si2/c1-27(5(9,10)11,6(12,13)14)3-25(21,22)4(26(3,23)24)28(2,7(15,16)17)8(18,19)20/h3-4H,1-2H3. The van der Waals surface area contributed by atoms with E-state index >= 15 is 0 Å². The first-order valence-electron chi connectivity index (χ1n) is 6.45. The van der Waals surface area contributed by atoms with Crippen LogP contribution >= 0.6 is 139 Å². The SMILES string of the molecule is C[Si](C1S(=O)(=O)C([Si](C)(C(Cl)(Cl)Cl)C(Cl)(Cl)Cl)S1(=O)=O)(C(Cl)(Cl)Cl)C(Cl)(Cl)Cl. The number of halogens is 12. The van der Waals surface area contributed by atoms with E-state index in [0.717, 1.165) is 13.1 Å². The summed E-state index contributed by atoms with van der Waals surface area (Å²) in [5, 5.41) is 0. The van der Waals surface area contributed by atoms with E-state index in [1.54, 1.807) is 0 Å². The van der Waals surface area contributed by atoms with Gasteiger partial charge in [-0.15, -0.1) is 0 Å². The van der Waals surface area contributed by atoms with Gasteiger partial charge in [0.05, 0.1) is 0 Å². The van der Waals surface area contributed by atoms with Crippen LogP contribution in [0.3, 0.4) is 0 Å². The zero-order valence-corrected chi connectivity index (χ0v) is 25.8. The van der Waals surface area contributed by atoms with Gasteiger partial charge in [0.15, 0.2) is 41.7 Å². The first-order valence-corrected chi connectivity index (χ1v) is 19.4. The first-order chi connectivity index (χ1) is 11.7. The third-order valence-electron chi connectivity index (χ3n) is 4.49. The zero-order chi connectivity index (χ0) is 23.2. The molecule has 4 nitrogen and oxygen atoms in total. The molecule has 1 aliphatic heterocycles. The summed E-state index contributed by atoms with van der Waals surface area (Å²) in [5.41, 5.74) is 0. The van der Waals surface area contributed by atoms with Gasteiger partial charge >= 0.3 is 0 Å². The molecule has 0 aliphatic carbocycles. The lowest BCUT2D eigenvalue weighted by Gasteiger charge is -2.55. The summed E-state index contributed by atoms with van der Waals surface area (Å²) < 4.78 is 38.1. The summed E-state index contributed by atoms with van der Waals surface area (Å²) in [6, 6.07) is 0. The summed E-state index contributed by atoms with van der Waals surface area (Å²) in [7, 11) is -18.6. The highest BCUT2D eigenvalue weighted by atomic mass is 35.6. The lowest BCUT2D eigenvalue weighted by Crippen LogP contribution is -2.84. The topological polar surface area (TPSA) is 68.3 Å². The molecule has 0 saturated carbocycles. The predicted octanol–water partition coefficient (Wildman–Crippen LogP) is 6.36. The van der Waals surface area contributed by atoms with Crippen LogP contribution in [-0.4, -0.2) is 55.1 Å². The molecule has 1 heterocycles. The predicted molar refractivity (Wildman–Crippen MR) is 130 cm³/mol. The average molecular weight is 714 g/mol. The van der Waals surface area contributed by atoms with Crippen LogP contribution in [0.1, 0.15) is 0 Å². The van der Waals surface area contributed by atoms with E-state index in [0.29, 0.717) is 0 Å². The highest BCUT2D eigenvalue weighted by Gasteiger charge is 2.85. The van der Waals surface area contributed by atoms with Crippen LogP contribution in [0.4, 0.5) is 0 Å². The molecular weight excluding hydrogens is 706 g/mol. The second-order valence-electron chi connectivity index (χ2n) is 6.24. The van der Waals surface area contributed by atoms with E-state index in [-0.39, 0.29) is 0 Å². The maximum atomic E-state index is 13.2. The highest BCUT2D eigenvalue weighted by molar-refractivity contribution is 8.30. The van der Waals surface area contributed by atoms with Gasteiger partial charge in [0.1, 0.15) is 0 Å². The number of alkyl halides is 12. The Morgan fingerprint density at radius 2 is 0.643 bits per heavy atom. The fourth-order valence-electron chi connectivity index (χ4n) is 2.71. The third kappa shape index (κ3) is 4.31. The van der Waals surface area contributed by atoms with E-state index in [1.165, 1.54) is 0 Å². The van der Waals surface area contributed by atoms with Gasteiger partial charge in [0.2, 0.25) is 16.1 Å². The van der Waals surface area contributed by atoms with E-state index in [4.69, 9.17) is 139 Å². The van der Waals surface area contributed by atoms with Crippen LogP contribution in [0.2, 0.25) is 13.1 Å². The smallest absolute Gasteiger partial charge is 0.210 e. The second kappa shape index (κ2) is 8.19. The Morgan fingerprint density at radius 3 is 0.750 bits per heavy atom. The van der Waals surface area contributed by atoms with Crippen molar-refractivity contribution in [2.75, 3.05) is 0 Å². The zero-order valence-electron chi connectivity index (χ0n) is 13.1. The molecule has 1 rings (SSSR count). The van der Waals surface area contributed by atoms with Gasteiger partial charge in [-0.2, -0.15) is 0 Å². The highest BCUT2D eigenvalue weighted by Crippen LogP contribution is 2.62. The minimum atomic E-state index is -4.80. The first kappa shape index (κ1) is 29.8. The van der Waals surface area contributed by atoms with Crippen LogP contribution < -0.4 is 0 Å². The molecule has 1 saturated heterocycles. The van der Waals surface area contributed by atoms with Crippen LogP contribution in [0, 0.1) is 0 Å². The van der Waals surface area contributed by atoms with Crippen LogP contribution in [0.5, 0.6) is 0 Å².